The number of nitrogens with zero attached hydrogens (tertiary/aromatic N) is 2. The number of aromatic nitrogens is 1. The minimum absolute atomic E-state index is 0.0619. The number of carbonyl (C=O) groups is 1. The molecule has 2 heterocycles. The van der Waals surface area contributed by atoms with Gasteiger partial charge in [-0.25, -0.2) is 0 Å². The Bertz CT molecular complexity index is 818. The lowest BCUT2D eigenvalue weighted by molar-refractivity contribution is -0.119. The molecule has 1 saturated carbocycles. The molecule has 0 unspecified atom stereocenters. The molecular formula is C23H29N3O3. The molecular weight excluding hydrogens is 366 g/mol. The van der Waals surface area contributed by atoms with Crippen molar-refractivity contribution >= 4 is 11.6 Å². The standard InChI is InChI=1S/C23H29N3O3/c1-16(25-17(2)27)23-10-9-21(13-24-23)29-22-11-12-26(14-22)19-5-7-20(8-6-19)28-15-18-3-4-18/h5-10,13,16,18,22H,3-4,11-12,14-15H2,1-2H3,(H,25,27)/t16-,22+/m0/s1. The van der Waals surface area contributed by atoms with Gasteiger partial charge >= 0.3 is 0 Å². The van der Waals surface area contributed by atoms with Gasteiger partial charge in [0.2, 0.25) is 5.91 Å². The molecule has 6 nitrogen and oxygen atoms in total. The van der Waals surface area contributed by atoms with E-state index in [0.717, 1.165) is 49.2 Å². The lowest BCUT2D eigenvalue weighted by Crippen LogP contribution is -2.25. The highest BCUT2D eigenvalue weighted by Gasteiger charge is 2.25. The van der Waals surface area contributed by atoms with Crippen LogP contribution in [0.2, 0.25) is 0 Å². The van der Waals surface area contributed by atoms with Crippen molar-refractivity contribution in [3.05, 3.63) is 48.3 Å². The summed E-state index contributed by atoms with van der Waals surface area (Å²) in [4.78, 5) is 17.9. The number of benzene rings is 1. The Labute approximate surface area is 172 Å². The zero-order valence-electron chi connectivity index (χ0n) is 17.1. The number of rotatable bonds is 8. The Hall–Kier alpha value is -2.76. The smallest absolute Gasteiger partial charge is 0.217 e. The van der Waals surface area contributed by atoms with Crippen LogP contribution in [-0.4, -0.2) is 36.7 Å². The third kappa shape index (κ3) is 5.40. The first-order valence-corrected chi connectivity index (χ1v) is 10.4. The van der Waals surface area contributed by atoms with E-state index < -0.39 is 0 Å². The monoisotopic (exact) mass is 395 g/mol. The molecule has 2 atom stereocenters. The molecule has 1 N–H and O–H groups in total. The average molecular weight is 396 g/mol. The summed E-state index contributed by atoms with van der Waals surface area (Å²) in [5.41, 5.74) is 2.03. The normalized spacial score (nSPS) is 19.7. The molecule has 1 aliphatic heterocycles. The minimum Gasteiger partial charge on any atom is -0.493 e. The largest absolute Gasteiger partial charge is 0.493 e. The van der Waals surface area contributed by atoms with Crippen molar-refractivity contribution in [3.63, 3.8) is 0 Å². The van der Waals surface area contributed by atoms with Gasteiger partial charge in [0, 0.05) is 25.6 Å². The van der Waals surface area contributed by atoms with Crippen LogP contribution in [0.3, 0.4) is 0 Å². The van der Waals surface area contributed by atoms with Gasteiger partial charge in [0.15, 0.2) is 0 Å². The summed E-state index contributed by atoms with van der Waals surface area (Å²) < 4.78 is 11.9. The predicted molar refractivity (Wildman–Crippen MR) is 112 cm³/mol. The highest BCUT2D eigenvalue weighted by atomic mass is 16.5. The van der Waals surface area contributed by atoms with Gasteiger partial charge < -0.3 is 19.7 Å². The van der Waals surface area contributed by atoms with Gasteiger partial charge in [-0.1, -0.05) is 0 Å². The van der Waals surface area contributed by atoms with Gasteiger partial charge in [-0.05, 0) is 62.1 Å². The van der Waals surface area contributed by atoms with Gasteiger partial charge in [0.25, 0.3) is 0 Å². The highest BCUT2D eigenvalue weighted by Crippen LogP contribution is 2.30. The van der Waals surface area contributed by atoms with Gasteiger partial charge in [-0.2, -0.15) is 0 Å². The molecule has 2 fully saturated rings. The summed E-state index contributed by atoms with van der Waals surface area (Å²) >= 11 is 0. The van der Waals surface area contributed by atoms with Gasteiger partial charge in [-0.15, -0.1) is 0 Å². The minimum atomic E-state index is -0.111. The van der Waals surface area contributed by atoms with Crippen LogP contribution < -0.4 is 19.7 Å². The first kappa shape index (κ1) is 19.6. The van der Waals surface area contributed by atoms with Gasteiger partial charge in [0.1, 0.15) is 17.6 Å². The third-order valence-corrected chi connectivity index (χ3v) is 5.45. The molecule has 29 heavy (non-hydrogen) atoms. The molecule has 1 aromatic heterocycles. The van der Waals surface area contributed by atoms with Crippen LogP contribution in [-0.2, 0) is 4.79 Å². The van der Waals surface area contributed by atoms with Gasteiger partial charge in [0.05, 0.1) is 31.1 Å². The number of nitrogens with one attached hydrogen (secondary N) is 1. The fraction of sp³-hybridized carbons (Fsp3) is 0.478. The van der Waals surface area contributed by atoms with Crippen LogP contribution in [0.25, 0.3) is 0 Å². The number of carbonyl (C=O) groups excluding carboxylic acids is 1. The van der Waals surface area contributed by atoms with E-state index in [1.165, 1.54) is 25.5 Å². The van der Waals surface area contributed by atoms with Crippen molar-refractivity contribution in [1.29, 1.82) is 0 Å². The third-order valence-electron chi connectivity index (χ3n) is 5.45. The molecule has 4 rings (SSSR count). The van der Waals surface area contributed by atoms with E-state index >= 15 is 0 Å². The molecule has 1 aliphatic carbocycles. The molecule has 0 spiro atoms. The second kappa shape index (κ2) is 8.72. The maximum Gasteiger partial charge on any atom is 0.217 e. The molecule has 6 heteroatoms. The Morgan fingerprint density at radius 1 is 1.17 bits per heavy atom. The first-order chi connectivity index (χ1) is 14.1. The molecule has 1 saturated heterocycles. The van der Waals surface area contributed by atoms with E-state index in [-0.39, 0.29) is 18.1 Å². The fourth-order valence-electron chi connectivity index (χ4n) is 3.60. The number of pyridine rings is 1. The molecule has 0 radical (unpaired) electrons. The topological polar surface area (TPSA) is 63.7 Å². The summed E-state index contributed by atoms with van der Waals surface area (Å²) in [6.07, 6.45) is 5.47. The van der Waals surface area contributed by atoms with Crippen molar-refractivity contribution in [2.45, 2.75) is 45.3 Å². The highest BCUT2D eigenvalue weighted by molar-refractivity contribution is 5.73. The second-order valence-corrected chi connectivity index (χ2v) is 8.06. The van der Waals surface area contributed by atoms with E-state index in [0.29, 0.717) is 0 Å². The van der Waals surface area contributed by atoms with Crippen molar-refractivity contribution in [2.75, 3.05) is 24.6 Å². The molecule has 1 aromatic carbocycles. The molecule has 0 bridgehead atoms. The van der Waals surface area contributed by atoms with Crippen LogP contribution in [0.4, 0.5) is 5.69 Å². The zero-order chi connectivity index (χ0) is 20.2. The van der Waals surface area contributed by atoms with Crippen molar-refractivity contribution in [1.82, 2.24) is 10.3 Å². The maximum absolute atomic E-state index is 11.2. The van der Waals surface area contributed by atoms with Crippen molar-refractivity contribution in [2.24, 2.45) is 5.92 Å². The summed E-state index contributed by atoms with van der Waals surface area (Å²) in [5, 5.41) is 2.84. The van der Waals surface area contributed by atoms with Crippen LogP contribution >= 0.6 is 0 Å². The maximum atomic E-state index is 11.2. The SMILES string of the molecule is CC(=O)N[C@@H](C)c1ccc(O[C@@H]2CCN(c3ccc(OCC4CC4)cc3)C2)cn1. The van der Waals surface area contributed by atoms with E-state index in [4.69, 9.17) is 9.47 Å². The average Bonchev–Trinajstić information content (AvgIpc) is 3.44. The Kier molecular flexibility index (Phi) is 5.88. The quantitative estimate of drug-likeness (QED) is 0.738. The number of hydrogen-bond acceptors (Lipinski definition) is 5. The summed E-state index contributed by atoms with van der Waals surface area (Å²) in [5.74, 6) is 2.42. The number of hydrogen-bond donors (Lipinski definition) is 1. The van der Waals surface area contributed by atoms with Crippen LogP contribution in [0.1, 0.15) is 44.8 Å². The van der Waals surface area contributed by atoms with E-state index in [1.807, 2.05) is 19.1 Å². The molecule has 154 valence electrons. The van der Waals surface area contributed by atoms with Crippen molar-refractivity contribution < 1.29 is 14.3 Å². The number of anilines is 1. The van der Waals surface area contributed by atoms with E-state index in [9.17, 15) is 4.79 Å². The summed E-state index contributed by atoms with van der Waals surface area (Å²) in [6.45, 7) is 6.09. The Morgan fingerprint density at radius 3 is 2.59 bits per heavy atom. The first-order valence-electron chi connectivity index (χ1n) is 10.4. The van der Waals surface area contributed by atoms with Crippen molar-refractivity contribution in [3.8, 4) is 11.5 Å². The number of amides is 1. The lowest BCUT2D eigenvalue weighted by Gasteiger charge is -2.19. The fourth-order valence-corrected chi connectivity index (χ4v) is 3.60. The molecule has 1 amide bonds. The molecule has 2 aliphatic rings. The predicted octanol–water partition coefficient (Wildman–Crippen LogP) is 3.73. The Morgan fingerprint density at radius 2 is 1.93 bits per heavy atom. The van der Waals surface area contributed by atoms with Gasteiger partial charge in [-0.3, -0.25) is 9.78 Å². The van der Waals surface area contributed by atoms with E-state index in [2.05, 4.69) is 39.5 Å². The van der Waals surface area contributed by atoms with E-state index in [1.54, 1.807) is 6.20 Å². The Balaban J connectivity index is 1.27. The van der Waals surface area contributed by atoms with Crippen LogP contribution in [0, 0.1) is 5.92 Å². The van der Waals surface area contributed by atoms with Crippen LogP contribution in [0.15, 0.2) is 42.6 Å². The van der Waals surface area contributed by atoms with Crippen LogP contribution in [0.5, 0.6) is 11.5 Å². The summed E-state index contributed by atoms with van der Waals surface area (Å²) in [7, 11) is 0. The molecule has 2 aromatic rings. The zero-order valence-corrected chi connectivity index (χ0v) is 17.1. The number of ether oxygens (including phenoxy) is 2. The second-order valence-electron chi connectivity index (χ2n) is 8.06. The summed E-state index contributed by atoms with van der Waals surface area (Å²) in [6, 6.07) is 12.1. The lowest BCUT2D eigenvalue weighted by atomic mass is 10.2.